The highest BCUT2D eigenvalue weighted by Gasteiger charge is 2.18. The molecule has 1 aromatic heterocycles. The minimum atomic E-state index is -0.440. The molecular formula is C17H18N4O3. The maximum atomic E-state index is 12.7. The number of benzene rings is 1. The van der Waals surface area contributed by atoms with E-state index >= 15 is 0 Å². The first-order valence-corrected chi connectivity index (χ1v) is 7.08. The van der Waals surface area contributed by atoms with Crippen LogP contribution in [0.2, 0.25) is 0 Å². The number of anilines is 2. The molecule has 0 fully saturated rings. The Morgan fingerprint density at radius 3 is 2.75 bits per heavy atom. The van der Waals surface area contributed by atoms with Crippen LogP contribution in [0.1, 0.15) is 11.1 Å². The predicted octanol–water partition coefficient (Wildman–Crippen LogP) is 1.86. The lowest BCUT2D eigenvalue weighted by Gasteiger charge is -2.17. The molecule has 24 heavy (non-hydrogen) atoms. The number of hydrogen-bond donors (Lipinski definition) is 3. The van der Waals surface area contributed by atoms with Crippen LogP contribution in [-0.2, 0) is 4.79 Å². The average molecular weight is 326 g/mol. The molecule has 1 heterocycles. The van der Waals surface area contributed by atoms with Crippen LogP contribution in [0.4, 0.5) is 11.5 Å². The highest BCUT2D eigenvalue weighted by molar-refractivity contribution is 5.99. The molecule has 4 N–H and O–H groups in total. The monoisotopic (exact) mass is 326 g/mol. The first-order valence-electron chi connectivity index (χ1n) is 7.08. The highest BCUT2D eigenvalue weighted by Crippen LogP contribution is 2.24. The van der Waals surface area contributed by atoms with E-state index in [2.05, 4.69) is 11.9 Å². The largest absolute Gasteiger partial charge is 0.491 e. The molecule has 0 bridgehead atoms. The minimum absolute atomic E-state index is 0.114. The molecule has 2 rings (SSSR count). The van der Waals surface area contributed by atoms with Gasteiger partial charge >= 0.3 is 0 Å². The van der Waals surface area contributed by atoms with Crippen LogP contribution in [0.25, 0.3) is 5.69 Å². The van der Waals surface area contributed by atoms with Crippen molar-refractivity contribution in [3.63, 3.8) is 0 Å². The molecule has 0 unspecified atom stereocenters. The SMILES string of the molecule is C=CC(=O)Nc1cccc(-n2c(N)c(C=N)c(C)c(OC)c2=O)c1. The molecule has 0 saturated carbocycles. The fourth-order valence-corrected chi connectivity index (χ4v) is 2.40. The quantitative estimate of drug-likeness (QED) is 0.575. The summed E-state index contributed by atoms with van der Waals surface area (Å²) in [6.07, 6.45) is 2.22. The van der Waals surface area contributed by atoms with Crippen LogP contribution in [-0.4, -0.2) is 23.8 Å². The van der Waals surface area contributed by atoms with Crippen LogP contribution in [0.3, 0.4) is 0 Å². The first-order chi connectivity index (χ1) is 11.4. The number of methoxy groups -OCH3 is 1. The standard InChI is InChI=1S/C17H18N4O3/c1-4-14(22)20-11-6-5-7-12(8-11)21-16(19)13(9-18)10(2)15(24-3)17(21)23/h4-9,18H,1,19H2,2-3H3,(H,20,22). The molecule has 0 atom stereocenters. The number of carbonyl (C=O) groups is 1. The number of nitrogens with zero attached hydrogens (tertiary/aromatic N) is 1. The Labute approximate surface area is 138 Å². The van der Waals surface area contributed by atoms with Gasteiger partial charge in [0.1, 0.15) is 5.82 Å². The molecule has 0 saturated heterocycles. The predicted molar refractivity (Wildman–Crippen MR) is 94.5 cm³/mol. The zero-order chi connectivity index (χ0) is 17.9. The fraction of sp³-hybridized carbons (Fsp3) is 0.118. The van der Waals surface area contributed by atoms with Crippen molar-refractivity contribution in [1.82, 2.24) is 4.57 Å². The Bertz CT molecular complexity index is 884. The second kappa shape index (κ2) is 6.82. The molecule has 1 amide bonds. The Balaban J connectivity index is 2.71. The average Bonchev–Trinajstić information content (AvgIpc) is 2.56. The normalized spacial score (nSPS) is 10.1. The van der Waals surface area contributed by atoms with Crippen molar-refractivity contribution in [2.45, 2.75) is 6.92 Å². The summed E-state index contributed by atoms with van der Waals surface area (Å²) in [7, 11) is 1.39. The van der Waals surface area contributed by atoms with Gasteiger partial charge < -0.3 is 21.2 Å². The molecule has 2 aromatic rings. The van der Waals surface area contributed by atoms with E-state index in [0.29, 0.717) is 22.5 Å². The van der Waals surface area contributed by atoms with Crippen molar-refractivity contribution in [2.75, 3.05) is 18.2 Å². The Morgan fingerprint density at radius 2 is 2.17 bits per heavy atom. The highest BCUT2D eigenvalue weighted by atomic mass is 16.5. The summed E-state index contributed by atoms with van der Waals surface area (Å²) in [6, 6.07) is 6.62. The van der Waals surface area contributed by atoms with Crippen molar-refractivity contribution < 1.29 is 9.53 Å². The smallest absolute Gasteiger partial charge is 0.299 e. The summed E-state index contributed by atoms with van der Waals surface area (Å²) in [6.45, 7) is 5.06. The third kappa shape index (κ3) is 2.91. The Kier molecular flexibility index (Phi) is 4.84. The van der Waals surface area contributed by atoms with Crippen molar-refractivity contribution in [3.8, 4) is 11.4 Å². The number of pyridine rings is 1. The van der Waals surface area contributed by atoms with E-state index in [1.54, 1.807) is 31.2 Å². The minimum Gasteiger partial charge on any atom is -0.491 e. The third-order valence-electron chi connectivity index (χ3n) is 3.56. The molecule has 1 aromatic carbocycles. The van der Waals surface area contributed by atoms with E-state index in [0.717, 1.165) is 12.3 Å². The van der Waals surface area contributed by atoms with Crippen LogP contribution in [0, 0.1) is 12.3 Å². The van der Waals surface area contributed by atoms with Crippen molar-refractivity contribution >= 4 is 23.6 Å². The number of nitrogens with two attached hydrogens (primary N) is 1. The number of nitrogens with one attached hydrogen (secondary N) is 2. The van der Waals surface area contributed by atoms with E-state index in [1.807, 2.05) is 0 Å². The van der Waals surface area contributed by atoms with Crippen molar-refractivity contribution in [1.29, 1.82) is 5.41 Å². The van der Waals surface area contributed by atoms with E-state index < -0.39 is 5.56 Å². The Morgan fingerprint density at radius 1 is 1.46 bits per heavy atom. The van der Waals surface area contributed by atoms with Gasteiger partial charge in [0.25, 0.3) is 5.56 Å². The molecule has 0 aliphatic carbocycles. The second-order valence-corrected chi connectivity index (χ2v) is 4.99. The molecule has 7 heteroatoms. The number of hydrogen-bond acceptors (Lipinski definition) is 5. The lowest BCUT2D eigenvalue weighted by molar-refractivity contribution is -0.111. The first kappa shape index (κ1) is 17.0. The van der Waals surface area contributed by atoms with Crippen LogP contribution < -0.4 is 21.3 Å². The van der Waals surface area contributed by atoms with Gasteiger partial charge in [-0.25, -0.2) is 0 Å². The van der Waals surface area contributed by atoms with Crippen molar-refractivity contribution in [3.05, 3.63) is 58.4 Å². The topological polar surface area (TPSA) is 110 Å². The summed E-state index contributed by atoms with van der Waals surface area (Å²) >= 11 is 0. The number of amides is 1. The second-order valence-electron chi connectivity index (χ2n) is 4.99. The van der Waals surface area contributed by atoms with E-state index in [9.17, 15) is 9.59 Å². The van der Waals surface area contributed by atoms with Gasteiger partial charge in [-0.1, -0.05) is 12.6 Å². The van der Waals surface area contributed by atoms with Gasteiger partial charge in [0.05, 0.1) is 12.8 Å². The van der Waals surface area contributed by atoms with Crippen LogP contribution >= 0.6 is 0 Å². The van der Waals surface area contributed by atoms with Gasteiger partial charge in [-0.2, -0.15) is 0 Å². The number of aromatic nitrogens is 1. The molecule has 7 nitrogen and oxygen atoms in total. The summed E-state index contributed by atoms with van der Waals surface area (Å²) in [4.78, 5) is 24.1. The molecular weight excluding hydrogens is 308 g/mol. The van der Waals surface area contributed by atoms with Gasteiger partial charge in [0.15, 0.2) is 5.75 Å². The van der Waals surface area contributed by atoms with Crippen LogP contribution in [0.15, 0.2) is 41.7 Å². The zero-order valence-electron chi connectivity index (χ0n) is 13.4. The van der Waals surface area contributed by atoms with Crippen LogP contribution in [0.5, 0.6) is 5.75 Å². The van der Waals surface area contributed by atoms with Gasteiger partial charge in [-0.3, -0.25) is 14.2 Å². The third-order valence-corrected chi connectivity index (χ3v) is 3.56. The number of ether oxygens (including phenoxy) is 1. The van der Waals surface area contributed by atoms with Gasteiger partial charge in [0, 0.05) is 23.0 Å². The van der Waals surface area contributed by atoms with E-state index in [1.165, 1.54) is 11.7 Å². The number of carbonyl (C=O) groups excluding carboxylic acids is 1. The fourth-order valence-electron chi connectivity index (χ4n) is 2.40. The Hall–Kier alpha value is -3.35. The van der Waals surface area contributed by atoms with Crippen molar-refractivity contribution in [2.24, 2.45) is 0 Å². The lowest BCUT2D eigenvalue weighted by atomic mass is 10.1. The summed E-state index contributed by atoms with van der Waals surface area (Å²) in [5.41, 5.74) is 7.47. The molecule has 124 valence electrons. The maximum Gasteiger partial charge on any atom is 0.299 e. The van der Waals surface area contributed by atoms with Gasteiger partial charge in [-0.15, -0.1) is 0 Å². The number of rotatable bonds is 5. The summed E-state index contributed by atoms with van der Waals surface area (Å²) in [5.74, 6) is -0.127. The van der Waals surface area contributed by atoms with E-state index in [4.69, 9.17) is 15.9 Å². The lowest BCUT2D eigenvalue weighted by Crippen LogP contribution is -2.25. The van der Waals surface area contributed by atoms with Gasteiger partial charge in [0.2, 0.25) is 5.91 Å². The number of nitrogen functional groups attached to an aromatic ring is 1. The maximum absolute atomic E-state index is 12.7. The van der Waals surface area contributed by atoms with Gasteiger partial charge in [-0.05, 0) is 31.2 Å². The summed E-state index contributed by atoms with van der Waals surface area (Å²) in [5, 5.41) is 10.2. The summed E-state index contributed by atoms with van der Waals surface area (Å²) < 4.78 is 6.42. The molecule has 0 aliphatic rings. The molecule has 0 spiro atoms. The van der Waals surface area contributed by atoms with E-state index in [-0.39, 0.29) is 17.5 Å². The molecule has 0 radical (unpaired) electrons. The molecule has 0 aliphatic heterocycles. The zero-order valence-corrected chi connectivity index (χ0v) is 13.4.